The van der Waals surface area contributed by atoms with Crippen LogP contribution in [0.4, 0.5) is 0 Å². The predicted octanol–water partition coefficient (Wildman–Crippen LogP) is -0.426. The third-order valence-electron chi connectivity index (χ3n) is 2.88. The Hall–Kier alpha value is -0.660. The maximum atomic E-state index is 11.6. The molecular formula is C11H23N3O3S. The fraction of sp³-hybridized carbons (Fsp3) is 0.909. The molecule has 0 saturated carbocycles. The van der Waals surface area contributed by atoms with Crippen molar-refractivity contribution in [1.29, 1.82) is 0 Å². The number of sulfonamides is 1. The Morgan fingerprint density at radius 2 is 2.11 bits per heavy atom. The van der Waals surface area contributed by atoms with Gasteiger partial charge < -0.3 is 10.6 Å². The molecule has 0 aromatic carbocycles. The maximum Gasteiger partial charge on any atom is 0.221 e. The number of nitrogens with one attached hydrogen (secondary N) is 3. The first-order chi connectivity index (χ1) is 8.47. The molecule has 1 saturated heterocycles. The molecule has 0 radical (unpaired) electrons. The van der Waals surface area contributed by atoms with Gasteiger partial charge in [0.15, 0.2) is 0 Å². The van der Waals surface area contributed by atoms with E-state index < -0.39 is 10.0 Å². The molecule has 6 nitrogen and oxygen atoms in total. The summed E-state index contributed by atoms with van der Waals surface area (Å²) in [5, 5.41) is 6.12. The lowest BCUT2D eigenvalue weighted by atomic mass is 10.0. The van der Waals surface area contributed by atoms with Crippen molar-refractivity contribution < 1.29 is 13.2 Å². The van der Waals surface area contributed by atoms with E-state index in [0.29, 0.717) is 32.0 Å². The average molecular weight is 277 g/mol. The van der Waals surface area contributed by atoms with Gasteiger partial charge in [-0.05, 0) is 25.8 Å². The molecular weight excluding hydrogens is 254 g/mol. The highest BCUT2D eigenvalue weighted by Crippen LogP contribution is 2.09. The summed E-state index contributed by atoms with van der Waals surface area (Å²) in [6.45, 7) is 1.87. The van der Waals surface area contributed by atoms with E-state index in [1.54, 1.807) is 0 Å². The van der Waals surface area contributed by atoms with E-state index in [2.05, 4.69) is 15.4 Å². The van der Waals surface area contributed by atoms with E-state index in [9.17, 15) is 13.2 Å². The number of carbonyl (C=O) groups is 1. The Morgan fingerprint density at radius 1 is 1.33 bits per heavy atom. The Balaban J connectivity index is 2.03. The SMILES string of the molecule is CS(=O)(=O)NCCCNC(=O)CC1CCCCN1. The van der Waals surface area contributed by atoms with Crippen molar-refractivity contribution in [1.82, 2.24) is 15.4 Å². The summed E-state index contributed by atoms with van der Waals surface area (Å²) in [4.78, 5) is 11.6. The number of amides is 1. The second-order valence-electron chi connectivity index (χ2n) is 4.72. The van der Waals surface area contributed by atoms with Gasteiger partial charge in [0, 0.05) is 25.6 Å². The standard InChI is InChI=1S/C11H23N3O3S/c1-18(16,17)14-8-4-7-13-11(15)9-10-5-2-3-6-12-10/h10,12,14H,2-9H2,1H3,(H,13,15). The van der Waals surface area contributed by atoms with Crippen LogP contribution in [0.3, 0.4) is 0 Å². The van der Waals surface area contributed by atoms with Crippen LogP contribution in [0, 0.1) is 0 Å². The zero-order chi connectivity index (χ0) is 13.4. The molecule has 0 bridgehead atoms. The molecule has 1 rings (SSSR count). The van der Waals surface area contributed by atoms with Crippen LogP contribution in [0.25, 0.3) is 0 Å². The van der Waals surface area contributed by atoms with E-state index in [0.717, 1.165) is 19.2 Å². The van der Waals surface area contributed by atoms with Crippen LogP contribution >= 0.6 is 0 Å². The molecule has 1 atom stereocenters. The number of rotatable bonds is 7. The fourth-order valence-electron chi connectivity index (χ4n) is 1.97. The second kappa shape index (κ2) is 7.70. The quantitative estimate of drug-likeness (QED) is 0.551. The highest BCUT2D eigenvalue weighted by atomic mass is 32.2. The van der Waals surface area contributed by atoms with Crippen LogP contribution in [-0.2, 0) is 14.8 Å². The number of hydrogen-bond acceptors (Lipinski definition) is 4. The van der Waals surface area contributed by atoms with Gasteiger partial charge in [0.2, 0.25) is 15.9 Å². The summed E-state index contributed by atoms with van der Waals surface area (Å²) >= 11 is 0. The van der Waals surface area contributed by atoms with E-state index in [4.69, 9.17) is 0 Å². The molecule has 0 aromatic rings. The Kier molecular flexibility index (Phi) is 6.59. The van der Waals surface area contributed by atoms with Crippen molar-refractivity contribution in [2.24, 2.45) is 0 Å². The third kappa shape index (κ3) is 7.62. The summed E-state index contributed by atoms with van der Waals surface area (Å²) in [5.41, 5.74) is 0. The molecule has 18 heavy (non-hydrogen) atoms. The monoisotopic (exact) mass is 277 g/mol. The molecule has 7 heteroatoms. The minimum atomic E-state index is -3.12. The Bertz CT molecular complexity index is 351. The molecule has 1 aliphatic rings. The van der Waals surface area contributed by atoms with E-state index in [1.165, 1.54) is 12.8 Å². The average Bonchev–Trinajstić information content (AvgIpc) is 2.28. The summed E-state index contributed by atoms with van der Waals surface area (Å²) in [5.74, 6) is 0.0359. The molecule has 106 valence electrons. The topological polar surface area (TPSA) is 87.3 Å². The number of hydrogen-bond donors (Lipinski definition) is 3. The van der Waals surface area contributed by atoms with E-state index >= 15 is 0 Å². The summed E-state index contributed by atoms with van der Waals surface area (Å²) in [7, 11) is -3.12. The van der Waals surface area contributed by atoms with Crippen molar-refractivity contribution in [3.63, 3.8) is 0 Å². The first kappa shape index (κ1) is 15.4. The molecule has 3 N–H and O–H groups in total. The van der Waals surface area contributed by atoms with Crippen molar-refractivity contribution >= 4 is 15.9 Å². The van der Waals surface area contributed by atoms with Crippen LogP contribution < -0.4 is 15.4 Å². The van der Waals surface area contributed by atoms with Crippen molar-refractivity contribution in [2.75, 3.05) is 25.9 Å². The summed E-state index contributed by atoms with van der Waals surface area (Å²) in [6.07, 6.45) is 5.68. The van der Waals surface area contributed by atoms with E-state index in [-0.39, 0.29) is 5.91 Å². The molecule has 1 fully saturated rings. The van der Waals surface area contributed by atoms with Gasteiger partial charge in [-0.2, -0.15) is 0 Å². The second-order valence-corrected chi connectivity index (χ2v) is 6.55. The minimum Gasteiger partial charge on any atom is -0.356 e. The predicted molar refractivity (Wildman–Crippen MR) is 70.7 cm³/mol. The van der Waals surface area contributed by atoms with Gasteiger partial charge in [-0.3, -0.25) is 4.79 Å². The fourth-order valence-corrected chi connectivity index (χ4v) is 2.48. The Morgan fingerprint density at radius 3 is 2.72 bits per heavy atom. The van der Waals surface area contributed by atoms with Crippen molar-refractivity contribution in [3.8, 4) is 0 Å². The maximum absolute atomic E-state index is 11.6. The first-order valence-corrected chi connectivity index (χ1v) is 8.31. The van der Waals surface area contributed by atoms with Gasteiger partial charge in [-0.15, -0.1) is 0 Å². The molecule has 1 unspecified atom stereocenters. The minimum absolute atomic E-state index is 0.0359. The zero-order valence-corrected chi connectivity index (χ0v) is 11.7. The highest BCUT2D eigenvalue weighted by Gasteiger charge is 2.15. The molecule has 0 spiro atoms. The lowest BCUT2D eigenvalue weighted by Gasteiger charge is -2.22. The number of piperidine rings is 1. The van der Waals surface area contributed by atoms with Crippen LogP contribution in [0.5, 0.6) is 0 Å². The summed E-state index contributed by atoms with van der Waals surface area (Å²) in [6, 6.07) is 0.299. The van der Waals surface area contributed by atoms with Crippen LogP contribution in [0.2, 0.25) is 0 Å². The van der Waals surface area contributed by atoms with Gasteiger partial charge in [-0.25, -0.2) is 13.1 Å². The largest absolute Gasteiger partial charge is 0.356 e. The van der Waals surface area contributed by atoms with Gasteiger partial charge >= 0.3 is 0 Å². The molecule has 0 aliphatic carbocycles. The van der Waals surface area contributed by atoms with Gasteiger partial charge in [0.05, 0.1) is 6.26 Å². The van der Waals surface area contributed by atoms with Crippen LogP contribution in [-0.4, -0.2) is 46.3 Å². The van der Waals surface area contributed by atoms with Gasteiger partial charge in [0.25, 0.3) is 0 Å². The van der Waals surface area contributed by atoms with Crippen molar-refractivity contribution in [2.45, 2.75) is 38.1 Å². The normalized spacial score (nSPS) is 20.6. The zero-order valence-electron chi connectivity index (χ0n) is 10.9. The van der Waals surface area contributed by atoms with Gasteiger partial charge in [-0.1, -0.05) is 6.42 Å². The van der Waals surface area contributed by atoms with Crippen molar-refractivity contribution in [3.05, 3.63) is 0 Å². The highest BCUT2D eigenvalue weighted by molar-refractivity contribution is 7.88. The Labute approximate surface area is 109 Å². The van der Waals surface area contributed by atoms with Crippen LogP contribution in [0.1, 0.15) is 32.1 Å². The van der Waals surface area contributed by atoms with Gasteiger partial charge in [0.1, 0.15) is 0 Å². The lowest BCUT2D eigenvalue weighted by molar-refractivity contribution is -0.121. The third-order valence-corrected chi connectivity index (χ3v) is 3.61. The van der Waals surface area contributed by atoms with E-state index in [1.807, 2.05) is 0 Å². The number of carbonyl (C=O) groups excluding carboxylic acids is 1. The molecule has 1 heterocycles. The van der Waals surface area contributed by atoms with Crippen LogP contribution in [0.15, 0.2) is 0 Å². The molecule has 1 aliphatic heterocycles. The summed E-state index contributed by atoms with van der Waals surface area (Å²) < 4.78 is 24.0. The smallest absolute Gasteiger partial charge is 0.221 e. The molecule has 0 aromatic heterocycles. The lowest BCUT2D eigenvalue weighted by Crippen LogP contribution is -2.39. The molecule has 1 amide bonds. The first-order valence-electron chi connectivity index (χ1n) is 6.42.